The fraction of sp³-hybridized carbons (Fsp3) is 0.880. The number of hydrogen-bond donors (Lipinski definition) is 2. The predicted molar refractivity (Wildman–Crippen MR) is 136 cm³/mol. The van der Waals surface area contributed by atoms with Gasteiger partial charge in [-0.3, -0.25) is 4.79 Å². The van der Waals surface area contributed by atoms with Crippen LogP contribution < -0.4 is 11.5 Å². The van der Waals surface area contributed by atoms with E-state index in [1.807, 2.05) is 0 Å². The van der Waals surface area contributed by atoms with E-state index in [1.165, 1.54) is 96.3 Å². The Morgan fingerprint density at radius 2 is 1.17 bits per heavy atom. The van der Waals surface area contributed by atoms with Crippen LogP contribution >= 0.6 is 17.0 Å². The monoisotopic (exact) mass is 476 g/mol. The molecule has 0 spiro atoms. The molecule has 3 nitrogen and oxygen atoms in total. The summed E-state index contributed by atoms with van der Waals surface area (Å²) in [4.78, 5) is 11.9. The zero-order valence-electron chi connectivity index (χ0n) is 20.4. The van der Waals surface area contributed by atoms with Gasteiger partial charge in [-0.25, -0.2) is 0 Å². The van der Waals surface area contributed by atoms with Gasteiger partial charge in [-0.15, -0.1) is 17.0 Å². The van der Waals surface area contributed by atoms with Crippen LogP contribution in [-0.4, -0.2) is 11.4 Å². The average molecular weight is 478 g/mol. The number of carbonyl (C=O) groups is 1. The Balaban J connectivity index is -0.00000338. The third kappa shape index (κ3) is 19.4. The summed E-state index contributed by atoms with van der Waals surface area (Å²) in [6.45, 7) is 14.3. The second-order valence-electron chi connectivity index (χ2n) is 9.24. The van der Waals surface area contributed by atoms with Gasteiger partial charge in [0.15, 0.2) is 0 Å². The first-order valence-electron chi connectivity index (χ1n) is 11.8. The Labute approximate surface area is 193 Å². The molecular weight excluding hydrogens is 424 g/mol. The van der Waals surface area contributed by atoms with Crippen LogP contribution in [0, 0.1) is 5.92 Å². The Hall–Kier alpha value is -0.350. The molecule has 0 fully saturated rings. The number of rotatable bonds is 18. The van der Waals surface area contributed by atoms with Crippen molar-refractivity contribution in [1.82, 2.24) is 11.5 Å². The van der Waals surface area contributed by atoms with Crippen LogP contribution in [0.25, 0.3) is 0 Å². The zero-order valence-corrected chi connectivity index (χ0v) is 22.1. The van der Waals surface area contributed by atoms with E-state index in [0.717, 1.165) is 0 Å². The molecule has 0 bridgehead atoms. The largest absolute Gasteiger partial charge is 0.347 e. The van der Waals surface area contributed by atoms with Gasteiger partial charge in [-0.05, 0) is 33.1 Å². The highest BCUT2D eigenvalue weighted by molar-refractivity contribution is 8.93. The van der Waals surface area contributed by atoms with Gasteiger partial charge in [-0.1, -0.05) is 110 Å². The van der Waals surface area contributed by atoms with E-state index in [2.05, 4.69) is 39.6 Å². The Bertz CT molecular complexity index is 396. The third-order valence-corrected chi connectivity index (χ3v) is 6.05. The highest BCUT2D eigenvalue weighted by Gasteiger charge is 2.27. The van der Waals surface area contributed by atoms with Crippen LogP contribution in [0.2, 0.25) is 0 Å². The van der Waals surface area contributed by atoms with Crippen molar-refractivity contribution >= 4 is 22.9 Å². The summed E-state index contributed by atoms with van der Waals surface area (Å²) < 4.78 is 0. The van der Waals surface area contributed by atoms with E-state index in [4.69, 9.17) is 0 Å². The summed E-state index contributed by atoms with van der Waals surface area (Å²) in [5.74, 6) is 0.464. The molecule has 0 saturated carbocycles. The summed E-state index contributed by atoms with van der Waals surface area (Å²) in [5, 5.41) is 3.12. The van der Waals surface area contributed by atoms with Crippen LogP contribution in [-0.2, 0) is 4.79 Å². The first kappa shape index (κ1) is 33.3. The maximum atomic E-state index is 11.9. The van der Waals surface area contributed by atoms with Crippen molar-refractivity contribution in [2.75, 3.05) is 0 Å². The standard InChI is InChI=1S/C25H49NO.BrH.H3N/c1-7-8-9-10-11-12-13-14-15-16-17-18-19-20-21-23(4)25(5,6)26-24(27)22(2)3;;/h23H,2,7-21H2,1,3-6H3,(H,26,27);1H;1H3. The van der Waals surface area contributed by atoms with E-state index >= 15 is 0 Å². The van der Waals surface area contributed by atoms with Crippen LogP contribution in [0.1, 0.15) is 131 Å². The lowest BCUT2D eigenvalue weighted by molar-refractivity contribution is -0.119. The quantitative estimate of drug-likeness (QED) is 0.153. The lowest BCUT2D eigenvalue weighted by Crippen LogP contribution is -2.48. The third-order valence-electron chi connectivity index (χ3n) is 6.05. The van der Waals surface area contributed by atoms with Crippen molar-refractivity contribution in [3.63, 3.8) is 0 Å². The summed E-state index contributed by atoms with van der Waals surface area (Å²) in [6.07, 6.45) is 20.8. The van der Waals surface area contributed by atoms with E-state index in [-0.39, 0.29) is 34.6 Å². The lowest BCUT2D eigenvalue weighted by Gasteiger charge is -2.33. The molecular formula is C25H53BrN2O. The van der Waals surface area contributed by atoms with E-state index in [1.54, 1.807) is 6.92 Å². The Morgan fingerprint density at radius 3 is 1.52 bits per heavy atom. The molecule has 0 radical (unpaired) electrons. The SMILES string of the molecule is Br.C=C(C)C(=O)NC(C)(C)C(C)CCCCCCCCCCCCCCCC.N. The lowest BCUT2D eigenvalue weighted by atomic mass is 9.84. The van der Waals surface area contributed by atoms with Crippen LogP contribution in [0.5, 0.6) is 0 Å². The zero-order chi connectivity index (χ0) is 20.5. The molecule has 1 atom stereocenters. The van der Waals surface area contributed by atoms with E-state index in [9.17, 15) is 4.79 Å². The van der Waals surface area contributed by atoms with Crippen molar-refractivity contribution in [3.8, 4) is 0 Å². The minimum atomic E-state index is -0.160. The van der Waals surface area contributed by atoms with Crippen LogP contribution in [0.4, 0.5) is 0 Å². The minimum absolute atomic E-state index is 0. The number of carbonyl (C=O) groups excluding carboxylic acids is 1. The molecule has 29 heavy (non-hydrogen) atoms. The number of amides is 1. The van der Waals surface area contributed by atoms with Gasteiger partial charge in [0.25, 0.3) is 0 Å². The molecule has 4 N–H and O–H groups in total. The predicted octanol–water partition coefficient (Wildman–Crippen LogP) is 8.70. The molecule has 0 heterocycles. The molecule has 0 aliphatic heterocycles. The number of hydrogen-bond acceptors (Lipinski definition) is 2. The fourth-order valence-electron chi connectivity index (χ4n) is 3.53. The second-order valence-corrected chi connectivity index (χ2v) is 9.24. The van der Waals surface area contributed by atoms with Crippen molar-refractivity contribution in [2.45, 2.75) is 136 Å². The topological polar surface area (TPSA) is 64.1 Å². The average Bonchev–Trinajstić information content (AvgIpc) is 2.61. The van der Waals surface area contributed by atoms with Crippen LogP contribution in [0.15, 0.2) is 12.2 Å². The molecule has 0 aromatic heterocycles. The maximum Gasteiger partial charge on any atom is 0.246 e. The smallest absolute Gasteiger partial charge is 0.246 e. The van der Waals surface area contributed by atoms with Gasteiger partial charge in [0, 0.05) is 11.1 Å². The molecule has 0 rings (SSSR count). The first-order chi connectivity index (χ1) is 12.8. The van der Waals surface area contributed by atoms with Gasteiger partial charge in [-0.2, -0.15) is 0 Å². The molecule has 0 aromatic rings. The molecule has 0 aromatic carbocycles. The van der Waals surface area contributed by atoms with Crippen LogP contribution in [0.3, 0.4) is 0 Å². The fourth-order valence-corrected chi connectivity index (χ4v) is 3.53. The first-order valence-corrected chi connectivity index (χ1v) is 11.8. The maximum absolute atomic E-state index is 11.9. The highest BCUT2D eigenvalue weighted by Crippen LogP contribution is 2.23. The van der Waals surface area contributed by atoms with Gasteiger partial charge in [0.1, 0.15) is 0 Å². The van der Waals surface area contributed by atoms with Crippen molar-refractivity contribution < 1.29 is 4.79 Å². The van der Waals surface area contributed by atoms with E-state index in [0.29, 0.717) is 11.5 Å². The normalized spacial score (nSPS) is 11.9. The molecule has 1 unspecified atom stereocenters. The summed E-state index contributed by atoms with van der Waals surface area (Å²) >= 11 is 0. The Kier molecular flexibility index (Phi) is 24.0. The van der Waals surface area contributed by atoms with Gasteiger partial charge in [0.2, 0.25) is 5.91 Å². The molecule has 0 aliphatic carbocycles. The van der Waals surface area contributed by atoms with Crippen molar-refractivity contribution in [2.24, 2.45) is 5.92 Å². The molecule has 0 aliphatic rings. The number of halogens is 1. The van der Waals surface area contributed by atoms with Gasteiger partial charge >= 0.3 is 0 Å². The summed E-state index contributed by atoms with van der Waals surface area (Å²) in [5.41, 5.74) is 0.429. The number of unbranched alkanes of at least 4 members (excludes halogenated alkanes) is 13. The summed E-state index contributed by atoms with van der Waals surface area (Å²) in [7, 11) is 0. The van der Waals surface area contributed by atoms with Crippen molar-refractivity contribution in [3.05, 3.63) is 12.2 Å². The van der Waals surface area contributed by atoms with Gasteiger partial charge in [0.05, 0.1) is 0 Å². The minimum Gasteiger partial charge on any atom is -0.347 e. The highest BCUT2D eigenvalue weighted by atomic mass is 79.9. The van der Waals surface area contributed by atoms with Crippen molar-refractivity contribution in [1.29, 1.82) is 0 Å². The van der Waals surface area contributed by atoms with Gasteiger partial charge < -0.3 is 11.5 Å². The molecule has 4 heteroatoms. The second kappa shape index (κ2) is 20.9. The molecule has 0 saturated heterocycles. The molecule has 1 amide bonds. The van der Waals surface area contributed by atoms with E-state index < -0.39 is 0 Å². The Morgan fingerprint density at radius 1 is 0.828 bits per heavy atom. The molecule has 176 valence electrons. The number of nitrogens with one attached hydrogen (secondary N) is 1. The summed E-state index contributed by atoms with van der Waals surface area (Å²) in [6, 6.07) is 0.